The van der Waals surface area contributed by atoms with E-state index in [1.54, 1.807) is 0 Å². The van der Waals surface area contributed by atoms with Gasteiger partial charge in [0.2, 0.25) is 0 Å². The van der Waals surface area contributed by atoms with Gasteiger partial charge < -0.3 is 9.84 Å². The predicted octanol–water partition coefficient (Wildman–Crippen LogP) is 1.08. The third-order valence-corrected chi connectivity index (χ3v) is 1.74. The average molecular weight is 233 g/mol. The van der Waals surface area contributed by atoms with Crippen LogP contribution in [0.25, 0.3) is 0 Å². The van der Waals surface area contributed by atoms with E-state index in [0.29, 0.717) is 17.6 Å². The fourth-order valence-corrected chi connectivity index (χ4v) is 0.972. The van der Waals surface area contributed by atoms with E-state index in [-0.39, 0.29) is 5.75 Å². The number of benzene rings is 1. The van der Waals surface area contributed by atoms with Gasteiger partial charge in [-0.3, -0.25) is 4.79 Å². The molecule has 0 saturated carbocycles. The predicted molar refractivity (Wildman–Crippen MR) is 59.9 cm³/mol. The van der Waals surface area contributed by atoms with Crippen molar-refractivity contribution in [2.24, 2.45) is 0 Å². The zero-order valence-electron chi connectivity index (χ0n) is 9.15. The van der Waals surface area contributed by atoms with Gasteiger partial charge in [-0.25, -0.2) is 15.0 Å². The lowest BCUT2D eigenvalue weighted by molar-refractivity contribution is 0.112. The smallest absolute Gasteiger partial charge is 0.161 e. The Labute approximate surface area is 98.0 Å². The van der Waals surface area contributed by atoms with Crippen LogP contribution in [0.1, 0.15) is 10.4 Å². The molecule has 1 heterocycles. The Hall–Kier alpha value is -2.50. The third kappa shape index (κ3) is 4.25. The molecule has 0 spiro atoms. The summed E-state index contributed by atoms with van der Waals surface area (Å²) in [5.74, 6) is 0.354. The van der Waals surface area contributed by atoms with E-state index in [9.17, 15) is 4.79 Å². The minimum absolute atomic E-state index is 0.0399. The first-order chi connectivity index (χ1) is 8.27. The molecule has 6 nitrogen and oxygen atoms in total. The number of rotatable bonds is 2. The zero-order valence-corrected chi connectivity index (χ0v) is 9.15. The zero-order chi connectivity index (χ0) is 12.5. The maximum Gasteiger partial charge on any atom is 0.161 e. The summed E-state index contributed by atoms with van der Waals surface area (Å²) in [4.78, 5) is 20.9. The number of phenolic OH excluding ortho intramolecular Hbond substituents is 1. The number of hydrogen-bond acceptors (Lipinski definition) is 6. The largest absolute Gasteiger partial charge is 0.504 e. The fourth-order valence-electron chi connectivity index (χ4n) is 0.972. The maximum atomic E-state index is 10.2. The van der Waals surface area contributed by atoms with Gasteiger partial charge in [-0.05, 0) is 18.2 Å². The Morgan fingerprint density at radius 1 is 1.18 bits per heavy atom. The fraction of sp³-hybridized carbons (Fsp3) is 0.0909. The molecule has 88 valence electrons. The highest BCUT2D eigenvalue weighted by Crippen LogP contribution is 2.25. The summed E-state index contributed by atoms with van der Waals surface area (Å²) < 4.78 is 4.78. The van der Waals surface area contributed by atoms with Crippen LogP contribution in [0.4, 0.5) is 0 Å². The van der Waals surface area contributed by atoms with Crippen molar-refractivity contribution < 1.29 is 14.6 Å². The van der Waals surface area contributed by atoms with Gasteiger partial charge in [0.1, 0.15) is 25.3 Å². The van der Waals surface area contributed by atoms with Crippen LogP contribution < -0.4 is 4.74 Å². The third-order valence-electron chi connectivity index (χ3n) is 1.74. The van der Waals surface area contributed by atoms with E-state index in [2.05, 4.69) is 15.0 Å². The normalized spacial score (nSPS) is 8.76. The maximum absolute atomic E-state index is 10.2. The van der Waals surface area contributed by atoms with E-state index in [1.165, 1.54) is 44.3 Å². The average Bonchev–Trinajstić information content (AvgIpc) is 2.42. The minimum Gasteiger partial charge on any atom is -0.504 e. The summed E-state index contributed by atoms with van der Waals surface area (Å²) in [5.41, 5.74) is 0.486. The number of aromatic hydroxyl groups is 1. The molecule has 0 aliphatic carbocycles. The number of methoxy groups -OCH3 is 1. The Bertz CT molecular complexity index is 436. The summed E-state index contributed by atoms with van der Waals surface area (Å²) in [6.45, 7) is 0. The molecule has 0 aliphatic heterocycles. The van der Waals surface area contributed by atoms with Crippen LogP contribution in [0.3, 0.4) is 0 Å². The Balaban J connectivity index is 0.000000202. The van der Waals surface area contributed by atoms with Gasteiger partial charge in [0.15, 0.2) is 11.5 Å². The van der Waals surface area contributed by atoms with Crippen molar-refractivity contribution in [1.82, 2.24) is 15.0 Å². The van der Waals surface area contributed by atoms with Crippen molar-refractivity contribution in [3.8, 4) is 11.5 Å². The minimum atomic E-state index is 0.0399. The molecule has 6 heteroatoms. The van der Waals surface area contributed by atoms with Gasteiger partial charge in [0.25, 0.3) is 0 Å². The van der Waals surface area contributed by atoms with Gasteiger partial charge >= 0.3 is 0 Å². The molecule has 0 radical (unpaired) electrons. The van der Waals surface area contributed by atoms with Crippen molar-refractivity contribution in [1.29, 1.82) is 0 Å². The number of aromatic nitrogens is 3. The van der Waals surface area contributed by atoms with Crippen LogP contribution >= 0.6 is 0 Å². The molecular formula is C11H11N3O3. The molecule has 2 aromatic rings. The highest BCUT2D eigenvalue weighted by Gasteiger charge is 2.00. The second-order valence-corrected chi connectivity index (χ2v) is 2.84. The van der Waals surface area contributed by atoms with Crippen molar-refractivity contribution >= 4 is 6.29 Å². The van der Waals surface area contributed by atoms with E-state index in [1.807, 2.05) is 0 Å². The van der Waals surface area contributed by atoms with Crippen LogP contribution in [-0.2, 0) is 0 Å². The van der Waals surface area contributed by atoms with Crippen molar-refractivity contribution in [3.63, 3.8) is 0 Å². The van der Waals surface area contributed by atoms with E-state index in [4.69, 9.17) is 9.84 Å². The van der Waals surface area contributed by atoms with E-state index < -0.39 is 0 Å². The second kappa shape index (κ2) is 6.89. The number of hydrogen-bond donors (Lipinski definition) is 1. The molecule has 0 unspecified atom stereocenters. The molecule has 0 atom stereocenters. The van der Waals surface area contributed by atoms with Gasteiger partial charge in [0.05, 0.1) is 7.11 Å². The molecule has 0 bridgehead atoms. The highest BCUT2D eigenvalue weighted by molar-refractivity contribution is 5.76. The molecule has 0 fully saturated rings. The van der Waals surface area contributed by atoms with Crippen molar-refractivity contribution in [3.05, 3.63) is 42.7 Å². The molecule has 1 N–H and O–H groups in total. The van der Waals surface area contributed by atoms with E-state index >= 15 is 0 Å². The lowest BCUT2D eigenvalue weighted by Gasteiger charge is -2.01. The molecule has 1 aromatic carbocycles. The second-order valence-electron chi connectivity index (χ2n) is 2.84. The van der Waals surface area contributed by atoms with Gasteiger partial charge in [-0.1, -0.05) is 0 Å². The topological polar surface area (TPSA) is 85.2 Å². The molecule has 1 aromatic heterocycles. The standard InChI is InChI=1S/C8H8O3.C3H3N3/c1-11-8-4-6(5-9)2-3-7(8)10;1-4-2-6-3-5-1/h2-5,10H,1H3;1-3H. The Morgan fingerprint density at radius 3 is 2.18 bits per heavy atom. The molecule has 2 rings (SSSR count). The van der Waals surface area contributed by atoms with Gasteiger partial charge in [-0.15, -0.1) is 0 Å². The first kappa shape index (κ1) is 12.6. The van der Waals surface area contributed by atoms with Crippen molar-refractivity contribution in [2.45, 2.75) is 0 Å². The summed E-state index contributed by atoms with van der Waals surface area (Å²) >= 11 is 0. The van der Waals surface area contributed by atoms with E-state index in [0.717, 1.165) is 0 Å². The highest BCUT2D eigenvalue weighted by atomic mass is 16.5. The van der Waals surface area contributed by atoms with Crippen LogP contribution in [0.2, 0.25) is 0 Å². The number of aldehydes is 1. The Morgan fingerprint density at radius 2 is 1.76 bits per heavy atom. The summed E-state index contributed by atoms with van der Waals surface area (Å²) in [6, 6.07) is 4.41. The first-order valence-electron chi connectivity index (χ1n) is 4.65. The monoisotopic (exact) mass is 233 g/mol. The number of ether oxygens (including phenoxy) is 1. The Kier molecular flexibility index (Phi) is 5.09. The molecule has 0 saturated heterocycles. The molecule has 17 heavy (non-hydrogen) atoms. The quantitative estimate of drug-likeness (QED) is 0.781. The number of carbonyl (C=O) groups excluding carboxylic acids is 1. The van der Waals surface area contributed by atoms with Gasteiger partial charge in [0, 0.05) is 5.56 Å². The number of carbonyl (C=O) groups is 1. The number of nitrogens with zero attached hydrogens (tertiary/aromatic N) is 3. The number of phenols is 1. The van der Waals surface area contributed by atoms with Crippen LogP contribution in [-0.4, -0.2) is 33.5 Å². The van der Waals surface area contributed by atoms with Crippen LogP contribution in [0, 0.1) is 0 Å². The lowest BCUT2D eigenvalue weighted by atomic mass is 10.2. The summed E-state index contributed by atoms with van der Waals surface area (Å²) in [7, 11) is 1.43. The van der Waals surface area contributed by atoms with Gasteiger partial charge in [-0.2, -0.15) is 0 Å². The molecule has 0 aliphatic rings. The molecular weight excluding hydrogens is 222 g/mol. The molecule has 0 amide bonds. The SMILES string of the molecule is COc1cc(C=O)ccc1O.c1ncncn1. The summed E-state index contributed by atoms with van der Waals surface area (Å²) in [5, 5.41) is 9.09. The lowest BCUT2D eigenvalue weighted by Crippen LogP contribution is -1.85. The summed E-state index contributed by atoms with van der Waals surface area (Å²) in [6.07, 6.45) is 5.01. The first-order valence-corrected chi connectivity index (χ1v) is 4.65. The van der Waals surface area contributed by atoms with Crippen LogP contribution in [0.15, 0.2) is 37.2 Å². The van der Waals surface area contributed by atoms with Crippen molar-refractivity contribution in [2.75, 3.05) is 7.11 Å². The van der Waals surface area contributed by atoms with Crippen LogP contribution in [0.5, 0.6) is 11.5 Å².